The highest BCUT2D eigenvalue weighted by Gasteiger charge is 2.24. The molecule has 1 fully saturated rings. The molecule has 25 heavy (non-hydrogen) atoms. The standard InChI is InChI=1S/C17H24Cl2N4O2/c1-20-17(23-8-5-12(10-23)11-25-2)22-7-6-21-16(24)13-3-4-14(18)15(19)9-13/h3-4,9,12H,5-8,10-11H2,1-2H3,(H,20,22)(H,21,24). The van der Waals surface area contributed by atoms with Gasteiger partial charge in [-0.25, -0.2) is 0 Å². The van der Waals surface area contributed by atoms with E-state index in [9.17, 15) is 4.79 Å². The van der Waals surface area contributed by atoms with Gasteiger partial charge in [-0.3, -0.25) is 9.79 Å². The van der Waals surface area contributed by atoms with Gasteiger partial charge in [-0.2, -0.15) is 0 Å². The number of hydrogen-bond donors (Lipinski definition) is 2. The third-order valence-corrected chi connectivity index (χ3v) is 4.81. The Morgan fingerprint density at radius 2 is 2.08 bits per heavy atom. The first kappa shape index (κ1) is 19.8. The van der Waals surface area contributed by atoms with E-state index < -0.39 is 0 Å². The maximum absolute atomic E-state index is 12.1. The van der Waals surface area contributed by atoms with Crippen LogP contribution < -0.4 is 10.6 Å². The zero-order valence-corrected chi connectivity index (χ0v) is 16.0. The molecular formula is C17H24Cl2N4O2. The third kappa shape index (κ3) is 5.76. The summed E-state index contributed by atoms with van der Waals surface area (Å²) >= 11 is 11.8. The van der Waals surface area contributed by atoms with Gasteiger partial charge in [0.15, 0.2) is 5.96 Å². The molecule has 0 spiro atoms. The van der Waals surface area contributed by atoms with E-state index in [0.717, 1.165) is 32.1 Å². The smallest absolute Gasteiger partial charge is 0.251 e. The molecule has 8 heteroatoms. The monoisotopic (exact) mass is 386 g/mol. The molecule has 1 unspecified atom stereocenters. The van der Waals surface area contributed by atoms with E-state index in [0.29, 0.717) is 34.6 Å². The quantitative estimate of drug-likeness (QED) is 0.447. The average molecular weight is 387 g/mol. The number of ether oxygens (including phenoxy) is 1. The SMILES string of the molecule is CN=C(NCCNC(=O)c1ccc(Cl)c(Cl)c1)N1CCC(COC)C1. The van der Waals surface area contributed by atoms with Crippen molar-refractivity contribution in [2.75, 3.05) is 46.9 Å². The van der Waals surface area contributed by atoms with Crippen molar-refractivity contribution in [3.05, 3.63) is 33.8 Å². The number of carbonyl (C=O) groups is 1. The van der Waals surface area contributed by atoms with Gasteiger partial charge in [0, 0.05) is 51.8 Å². The van der Waals surface area contributed by atoms with Crippen molar-refractivity contribution in [2.45, 2.75) is 6.42 Å². The fraction of sp³-hybridized carbons (Fsp3) is 0.529. The largest absolute Gasteiger partial charge is 0.384 e. The van der Waals surface area contributed by atoms with Crippen molar-refractivity contribution in [3.8, 4) is 0 Å². The highest BCUT2D eigenvalue weighted by Crippen LogP contribution is 2.22. The summed E-state index contributed by atoms with van der Waals surface area (Å²) in [5.74, 6) is 1.21. The first-order chi connectivity index (χ1) is 12.0. The average Bonchev–Trinajstić information content (AvgIpc) is 3.06. The van der Waals surface area contributed by atoms with E-state index in [2.05, 4.69) is 20.5 Å². The normalized spacial score (nSPS) is 17.7. The molecule has 1 aromatic rings. The van der Waals surface area contributed by atoms with Gasteiger partial charge in [-0.15, -0.1) is 0 Å². The van der Waals surface area contributed by atoms with Crippen molar-refractivity contribution in [1.29, 1.82) is 0 Å². The van der Waals surface area contributed by atoms with Crippen molar-refractivity contribution >= 4 is 35.1 Å². The molecule has 1 aliphatic rings. The number of likely N-dealkylation sites (tertiary alicyclic amines) is 1. The molecule has 0 saturated carbocycles. The van der Waals surface area contributed by atoms with Gasteiger partial charge >= 0.3 is 0 Å². The van der Waals surface area contributed by atoms with Gasteiger partial charge in [-0.05, 0) is 24.6 Å². The number of guanidine groups is 1. The van der Waals surface area contributed by atoms with Crippen molar-refractivity contribution in [3.63, 3.8) is 0 Å². The van der Waals surface area contributed by atoms with Gasteiger partial charge in [-0.1, -0.05) is 23.2 Å². The van der Waals surface area contributed by atoms with Crippen LogP contribution in [0.1, 0.15) is 16.8 Å². The number of methoxy groups -OCH3 is 1. The van der Waals surface area contributed by atoms with Crippen LogP contribution in [0.5, 0.6) is 0 Å². The Labute approximate surface area is 158 Å². The number of carbonyl (C=O) groups excluding carboxylic acids is 1. The topological polar surface area (TPSA) is 66.0 Å². The lowest BCUT2D eigenvalue weighted by Crippen LogP contribution is -2.43. The Balaban J connectivity index is 1.74. The Hall–Kier alpha value is -1.50. The minimum absolute atomic E-state index is 0.184. The molecule has 138 valence electrons. The molecule has 1 atom stereocenters. The highest BCUT2D eigenvalue weighted by molar-refractivity contribution is 6.42. The number of rotatable bonds is 6. The zero-order valence-electron chi connectivity index (χ0n) is 14.5. The molecule has 0 aromatic heterocycles. The predicted octanol–water partition coefficient (Wildman–Crippen LogP) is 2.27. The van der Waals surface area contributed by atoms with Crippen LogP contribution in [0, 0.1) is 5.92 Å². The lowest BCUT2D eigenvalue weighted by atomic mass is 10.1. The Kier molecular flexibility index (Phi) is 7.81. The molecular weight excluding hydrogens is 363 g/mol. The molecule has 1 heterocycles. The van der Waals surface area contributed by atoms with Gasteiger partial charge in [0.25, 0.3) is 5.91 Å². The molecule has 0 aliphatic carbocycles. The summed E-state index contributed by atoms with van der Waals surface area (Å²) in [6.07, 6.45) is 1.10. The minimum atomic E-state index is -0.184. The lowest BCUT2D eigenvalue weighted by molar-refractivity contribution is 0.0954. The van der Waals surface area contributed by atoms with Crippen LogP contribution in [-0.4, -0.2) is 63.7 Å². The molecule has 1 saturated heterocycles. The second-order valence-electron chi connectivity index (χ2n) is 5.91. The summed E-state index contributed by atoms with van der Waals surface area (Å²) in [5.41, 5.74) is 0.487. The van der Waals surface area contributed by atoms with Crippen LogP contribution in [0.2, 0.25) is 10.0 Å². The van der Waals surface area contributed by atoms with Crippen LogP contribution in [-0.2, 0) is 4.74 Å². The summed E-state index contributed by atoms with van der Waals surface area (Å²) in [6.45, 7) is 3.73. The number of nitrogens with zero attached hydrogens (tertiary/aromatic N) is 2. The van der Waals surface area contributed by atoms with Crippen molar-refractivity contribution in [2.24, 2.45) is 10.9 Å². The van der Waals surface area contributed by atoms with Gasteiger partial charge in [0.05, 0.1) is 16.7 Å². The fourth-order valence-electron chi connectivity index (χ4n) is 2.82. The van der Waals surface area contributed by atoms with Gasteiger partial charge in [0.1, 0.15) is 0 Å². The molecule has 1 aliphatic heterocycles. The number of amides is 1. The number of halogens is 2. The zero-order chi connectivity index (χ0) is 18.2. The van der Waals surface area contributed by atoms with Crippen LogP contribution >= 0.6 is 23.2 Å². The maximum atomic E-state index is 12.1. The third-order valence-electron chi connectivity index (χ3n) is 4.08. The lowest BCUT2D eigenvalue weighted by Gasteiger charge is -2.21. The first-order valence-corrected chi connectivity index (χ1v) is 8.98. The number of aliphatic imine (C=N–C) groups is 1. The van der Waals surface area contributed by atoms with Crippen LogP contribution in [0.3, 0.4) is 0 Å². The first-order valence-electron chi connectivity index (χ1n) is 8.23. The highest BCUT2D eigenvalue weighted by atomic mass is 35.5. The predicted molar refractivity (Wildman–Crippen MR) is 102 cm³/mol. The summed E-state index contributed by atoms with van der Waals surface area (Å²) in [4.78, 5) is 18.6. The second kappa shape index (κ2) is 9.85. The van der Waals surface area contributed by atoms with E-state index in [1.165, 1.54) is 0 Å². The second-order valence-corrected chi connectivity index (χ2v) is 6.73. The van der Waals surface area contributed by atoms with Gasteiger partial charge in [0.2, 0.25) is 0 Å². The Morgan fingerprint density at radius 3 is 2.76 bits per heavy atom. The summed E-state index contributed by atoms with van der Waals surface area (Å²) in [5, 5.41) is 6.92. The van der Waals surface area contributed by atoms with Crippen molar-refractivity contribution < 1.29 is 9.53 Å². The van der Waals surface area contributed by atoms with Crippen molar-refractivity contribution in [1.82, 2.24) is 15.5 Å². The summed E-state index contributed by atoms with van der Waals surface area (Å²) in [7, 11) is 3.49. The van der Waals surface area contributed by atoms with E-state index >= 15 is 0 Å². The molecule has 0 radical (unpaired) electrons. The maximum Gasteiger partial charge on any atom is 0.251 e. The fourth-order valence-corrected chi connectivity index (χ4v) is 3.12. The summed E-state index contributed by atoms with van der Waals surface area (Å²) < 4.78 is 5.22. The number of nitrogens with one attached hydrogen (secondary N) is 2. The molecule has 6 nitrogen and oxygen atoms in total. The molecule has 1 amide bonds. The molecule has 2 N–H and O–H groups in total. The van der Waals surface area contributed by atoms with E-state index in [4.69, 9.17) is 27.9 Å². The molecule has 0 bridgehead atoms. The number of benzene rings is 1. The Bertz CT molecular complexity index is 625. The van der Waals surface area contributed by atoms with E-state index in [-0.39, 0.29) is 5.91 Å². The van der Waals surface area contributed by atoms with Crippen LogP contribution in [0.15, 0.2) is 23.2 Å². The van der Waals surface area contributed by atoms with Crippen LogP contribution in [0.25, 0.3) is 0 Å². The molecule has 2 rings (SSSR count). The van der Waals surface area contributed by atoms with Gasteiger partial charge < -0.3 is 20.3 Å². The van der Waals surface area contributed by atoms with E-state index in [1.54, 1.807) is 32.4 Å². The van der Waals surface area contributed by atoms with Crippen LogP contribution in [0.4, 0.5) is 0 Å². The number of hydrogen-bond acceptors (Lipinski definition) is 3. The Morgan fingerprint density at radius 1 is 1.32 bits per heavy atom. The minimum Gasteiger partial charge on any atom is -0.384 e. The molecule has 1 aromatic carbocycles. The summed E-state index contributed by atoms with van der Waals surface area (Å²) in [6, 6.07) is 4.82. The van der Waals surface area contributed by atoms with E-state index in [1.807, 2.05) is 0 Å².